The molecule has 1 heterocycles. The third-order valence-electron chi connectivity index (χ3n) is 4.11. The number of carbonyl (C=O) groups excluding carboxylic acids is 2. The number of anilines is 1. The summed E-state index contributed by atoms with van der Waals surface area (Å²) in [5.74, 6) is -0.704. The number of benzene rings is 2. The highest BCUT2D eigenvalue weighted by atomic mass is 19.1. The van der Waals surface area contributed by atoms with Gasteiger partial charge in [-0.25, -0.2) is 9.18 Å². The Labute approximate surface area is 144 Å². The SMILES string of the molecule is CC1=C(C(=O)Nc2ccccc2C)[C@H](c2ccc(F)cc2)NC(=O)N1. The third kappa shape index (κ3) is 3.52. The fourth-order valence-electron chi connectivity index (χ4n) is 2.80. The number of para-hydroxylation sites is 1. The van der Waals surface area contributed by atoms with Crippen LogP contribution in [0.4, 0.5) is 14.9 Å². The minimum absolute atomic E-state index is 0.325. The lowest BCUT2D eigenvalue weighted by molar-refractivity contribution is -0.113. The maximum atomic E-state index is 13.2. The van der Waals surface area contributed by atoms with E-state index in [0.29, 0.717) is 22.5 Å². The summed E-state index contributed by atoms with van der Waals surface area (Å²) in [4.78, 5) is 24.7. The first-order chi connectivity index (χ1) is 12.0. The average Bonchev–Trinajstić information content (AvgIpc) is 2.57. The molecule has 5 nitrogen and oxygen atoms in total. The normalized spacial score (nSPS) is 16.9. The smallest absolute Gasteiger partial charge is 0.319 e. The van der Waals surface area contributed by atoms with Gasteiger partial charge >= 0.3 is 6.03 Å². The minimum Gasteiger partial charge on any atom is -0.327 e. The van der Waals surface area contributed by atoms with Gasteiger partial charge in [-0.05, 0) is 43.2 Å². The monoisotopic (exact) mass is 339 g/mol. The van der Waals surface area contributed by atoms with Crippen molar-refractivity contribution in [1.82, 2.24) is 10.6 Å². The van der Waals surface area contributed by atoms with Crippen molar-refractivity contribution in [3.63, 3.8) is 0 Å². The number of rotatable bonds is 3. The van der Waals surface area contributed by atoms with Gasteiger partial charge in [0.15, 0.2) is 0 Å². The molecule has 0 bridgehead atoms. The van der Waals surface area contributed by atoms with Crippen molar-refractivity contribution in [2.75, 3.05) is 5.32 Å². The molecule has 0 fully saturated rings. The maximum Gasteiger partial charge on any atom is 0.319 e. The van der Waals surface area contributed by atoms with Crippen LogP contribution in [0.1, 0.15) is 24.1 Å². The highest BCUT2D eigenvalue weighted by Crippen LogP contribution is 2.28. The standard InChI is InChI=1S/C19H18FN3O2/c1-11-5-3-4-6-15(11)22-18(24)16-12(2)21-19(25)23-17(16)13-7-9-14(20)10-8-13/h3-10,17H,1-2H3,(H,22,24)(H2,21,23,25)/t17-/m0/s1. The highest BCUT2D eigenvalue weighted by Gasteiger charge is 2.31. The molecular formula is C19H18FN3O2. The van der Waals surface area contributed by atoms with Crippen LogP contribution in [0.25, 0.3) is 0 Å². The van der Waals surface area contributed by atoms with Crippen molar-refractivity contribution in [2.45, 2.75) is 19.9 Å². The van der Waals surface area contributed by atoms with Crippen molar-refractivity contribution >= 4 is 17.6 Å². The Morgan fingerprint density at radius 3 is 2.44 bits per heavy atom. The van der Waals surface area contributed by atoms with Crippen molar-refractivity contribution in [1.29, 1.82) is 0 Å². The number of allylic oxidation sites excluding steroid dienone is 1. The summed E-state index contributed by atoms with van der Waals surface area (Å²) in [6, 6.07) is 12.1. The molecule has 1 atom stereocenters. The van der Waals surface area contributed by atoms with Crippen LogP contribution < -0.4 is 16.0 Å². The van der Waals surface area contributed by atoms with Crippen LogP contribution in [0.5, 0.6) is 0 Å². The first-order valence-electron chi connectivity index (χ1n) is 7.86. The van der Waals surface area contributed by atoms with Crippen molar-refractivity contribution in [3.05, 3.63) is 76.7 Å². The first-order valence-corrected chi connectivity index (χ1v) is 7.86. The number of amides is 3. The predicted octanol–water partition coefficient (Wildman–Crippen LogP) is 3.40. The molecule has 0 unspecified atom stereocenters. The first kappa shape index (κ1) is 16.7. The lowest BCUT2D eigenvalue weighted by Gasteiger charge is -2.28. The van der Waals surface area contributed by atoms with Crippen molar-refractivity contribution < 1.29 is 14.0 Å². The topological polar surface area (TPSA) is 70.2 Å². The fraction of sp³-hybridized carbons (Fsp3) is 0.158. The Balaban J connectivity index is 1.96. The van der Waals surface area contributed by atoms with Gasteiger partial charge < -0.3 is 16.0 Å². The largest absolute Gasteiger partial charge is 0.327 e. The number of hydrogen-bond donors (Lipinski definition) is 3. The summed E-state index contributed by atoms with van der Waals surface area (Å²) in [7, 11) is 0. The summed E-state index contributed by atoms with van der Waals surface area (Å²) in [6.07, 6.45) is 0. The summed E-state index contributed by atoms with van der Waals surface area (Å²) >= 11 is 0. The molecule has 0 spiro atoms. The van der Waals surface area contributed by atoms with Gasteiger partial charge in [0.25, 0.3) is 5.91 Å². The Morgan fingerprint density at radius 2 is 1.76 bits per heavy atom. The number of aryl methyl sites for hydroxylation is 1. The highest BCUT2D eigenvalue weighted by molar-refractivity contribution is 6.07. The van der Waals surface area contributed by atoms with Gasteiger partial charge in [-0.2, -0.15) is 0 Å². The Morgan fingerprint density at radius 1 is 1.08 bits per heavy atom. The average molecular weight is 339 g/mol. The number of urea groups is 1. The molecule has 6 heteroatoms. The molecule has 128 valence electrons. The summed E-state index contributed by atoms with van der Waals surface area (Å²) in [5.41, 5.74) is 3.10. The third-order valence-corrected chi connectivity index (χ3v) is 4.11. The van der Waals surface area contributed by atoms with Crippen LogP contribution in [-0.2, 0) is 4.79 Å². The number of halogens is 1. The molecular weight excluding hydrogens is 321 g/mol. The summed E-state index contributed by atoms with van der Waals surface area (Å²) < 4.78 is 13.2. The molecule has 2 aromatic rings. The van der Waals surface area contributed by atoms with Gasteiger partial charge in [-0.1, -0.05) is 30.3 Å². The van der Waals surface area contributed by atoms with E-state index in [-0.39, 0.29) is 11.7 Å². The Kier molecular flexibility index (Phi) is 4.52. The van der Waals surface area contributed by atoms with Gasteiger partial charge in [0.1, 0.15) is 5.82 Å². The van der Waals surface area contributed by atoms with E-state index < -0.39 is 12.1 Å². The van der Waals surface area contributed by atoms with Crippen LogP contribution in [0, 0.1) is 12.7 Å². The van der Waals surface area contributed by atoms with Gasteiger partial charge in [-0.3, -0.25) is 4.79 Å². The van der Waals surface area contributed by atoms with E-state index >= 15 is 0 Å². The molecule has 3 N–H and O–H groups in total. The van der Waals surface area contributed by atoms with Gasteiger partial charge in [0, 0.05) is 11.4 Å². The van der Waals surface area contributed by atoms with Gasteiger partial charge in [0.2, 0.25) is 0 Å². The molecule has 0 aliphatic carbocycles. The van der Waals surface area contributed by atoms with Crippen molar-refractivity contribution in [2.24, 2.45) is 0 Å². The molecule has 3 rings (SSSR count). The summed E-state index contributed by atoms with van der Waals surface area (Å²) in [6.45, 7) is 3.57. The lowest BCUT2D eigenvalue weighted by atomic mass is 9.94. The second-order valence-electron chi connectivity index (χ2n) is 5.89. The van der Waals surface area contributed by atoms with E-state index in [2.05, 4.69) is 16.0 Å². The van der Waals surface area contributed by atoms with Gasteiger partial charge in [0.05, 0.1) is 11.6 Å². The van der Waals surface area contributed by atoms with Crippen LogP contribution in [0.2, 0.25) is 0 Å². The molecule has 0 aromatic heterocycles. The van der Waals surface area contributed by atoms with Crippen LogP contribution in [-0.4, -0.2) is 11.9 Å². The molecule has 0 radical (unpaired) electrons. The Hall–Kier alpha value is -3.15. The molecule has 2 aromatic carbocycles. The molecule has 1 aliphatic heterocycles. The van der Waals surface area contributed by atoms with Crippen LogP contribution >= 0.6 is 0 Å². The predicted molar refractivity (Wildman–Crippen MR) is 93.3 cm³/mol. The van der Waals surface area contributed by atoms with E-state index in [9.17, 15) is 14.0 Å². The molecule has 3 amide bonds. The minimum atomic E-state index is -0.654. The zero-order chi connectivity index (χ0) is 18.0. The molecule has 0 saturated heterocycles. The molecule has 1 aliphatic rings. The maximum absolute atomic E-state index is 13.2. The Bertz CT molecular complexity index is 859. The zero-order valence-electron chi connectivity index (χ0n) is 13.9. The van der Waals surface area contributed by atoms with E-state index in [1.54, 1.807) is 19.1 Å². The zero-order valence-corrected chi connectivity index (χ0v) is 13.9. The second-order valence-corrected chi connectivity index (χ2v) is 5.89. The van der Waals surface area contributed by atoms with Crippen molar-refractivity contribution in [3.8, 4) is 0 Å². The van der Waals surface area contributed by atoms with Gasteiger partial charge in [-0.15, -0.1) is 0 Å². The lowest BCUT2D eigenvalue weighted by Crippen LogP contribution is -2.46. The van der Waals surface area contributed by atoms with Crippen LogP contribution in [0.3, 0.4) is 0 Å². The van der Waals surface area contributed by atoms with E-state index in [0.717, 1.165) is 5.56 Å². The summed E-state index contributed by atoms with van der Waals surface area (Å²) in [5, 5.41) is 8.21. The number of nitrogens with one attached hydrogen (secondary N) is 3. The number of hydrogen-bond acceptors (Lipinski definition) is 2. The second kappa shape index (κ2) is 6.76. The fourth-order valence-corrected chi connectivity index (χ4v) is 2.80. The van der Waals surface area contributed by atoms with E-state index in [1.807, 2.05) is 31.2 Å². The van der Waals surface area contributed by atoms with Crippen LogP contribution in [0.15, 0.2) is 59.8 Å². The molecule has 0 saturated carbocycles. The molecule has 25 heavy (non-hydrogen) atoms. The van der Waals surface area contributed by atoms with E-state index in [1.165, 1.54) is 12.1 Å². The number of carbonyl (C=O) groups is 2. The quantitative estimate of drug-likeness (QED) is 0.802. The van der Waals surface area contributed by atoms with E-state index in [4.69, 9.17) is 0 Å².